The van der Waals surface area contributed by atoms with Crippen LogP contribution in [-0.4, -0.2) is 18.1 Å². The Hall–Kier alpha value is -0.910. The Bertz CT molecular complexity index is 445. The van der Waals surface area contributed by atoms with Crippen molar-refractivity contribution >= 4 is 11.8 Å². The van der Waals surface area contributed by atoms with E-state index < -0.39 is 0 Å². The van der Waals surface area contributed by atoms with E-state index in [4.69, 9.17) is 6.42 Å². The average Bonchev–Trinajstić information content (AvgIpc) is 2.60. The number of thioether (sulfide) groups is 1. The third-order valence-electron chi connectivity index (χ3n) is 3.57. The molecule has 96 valence electrons. The van der Waals surface area contributed by atoms with Gasteiger partial charge in [-0.3, -0.25) is 0 Å². The fourth-order valence-electron chi connectivity index (χ4n) is 2.78. The summed E-state index contributed by atoms with van der Waals surface area (Å²) in [5, 5.41) is 3.70. The van der Waals surface area contributed by atoms with Gasteiger partial charge in [0.2, 0.25) is 0 Å². The van der Waals surface area contributed by atoms with Crippen molar-refractivity contribution in [3.8, 4) is 12.3 Å². The normalized spacial score (nSPS) is 20.4. The summed E-state index contributed by atoms with van der Waals surface area (Å²) in [5.74, 6) is 4.56. The lowest BCUT2D eigenvalue weighted by atomic mass is 9.85. The number of terminal acetylenes is 1. The molecule has 0 fully saturated rings. The van der Waals surface area contributed by atoms with Gasteiger partial charge in [0, 0.05) is 18.3 Å². The number of hydrogen-bond donors (Lipinski definition) is 1. The second-order valence-corrected chi connectivity index (χ2v) is 6.61. The number of benzene rings is 1. The minimum Gasteiger partial charge on any atom is -0.309 e. The van der Waals surface area contributed by atoms with Crippen molar-refractivity contribution in [2.45, 2.75) is 26.3 Å². The monoisotopic (exact) mass is 259 g/mol. The van der Waals surface area contributed by atoms with Crippen LogP contribution in [0.2, 0.25) is 0 Å². The topological polar surface area (TPSA) is 12.0 Å². The zero-order valence-electron chi connectivity index (χ0n) is 11.2. The standard InChI is InChI=1S/C16H21NS/c1-4-10-18-11-9-17-15-14-8-6-5-7-13(14)12-16(15,2)3/h1,5-8,15,17H,9-12H2,2-3H3. The molecular formula is C16H21NS. The summed E-state index contributed by atoms with van der Waals surface area (Å²) in [5.41, 5.74) is 3.28. The number of rotatable bonds is 5. The van der Waals surface area contributed by atoms with Gasteiger partial charge < -0.3 is 5.32 Å². The molecule has 2 rings (SSSR count). The Morgan fingerprint density at radius 2 is 2.22 bits per heavy atom. The molecule has 0 amide bonds. The zero-order valence-corrected chi connectivity index (χ0v) is 12.0. The lowest BCUT2D eigenvalue weighted by Gasteiger charge is -2.28. The maximum atomic E-state index is 5.25. The van der Waals surface area contributed by atoms with Gasteiger partial charge >= 0.3 is 0 Å². The van der Waals surface area contributed by atoms with Crippen molar-refractivity contribution < 1.29 is 0 Å². The van der Waals surface area contributed by atoms with Gasteiger partial charge in [0.05, 0.1) is 5.75 Å². The molecule has 0 saturated carbocycles. The molecule has 1 N–H and O–H groups in total. The van der Waals surface area contributed by atoms with Crippen LogP contribution >= 0.6 is 11.8 Å². The maximum absolute atomic E-state index is 5.25. The van der Waals surface area contributed by atoms with Crippen molar-refractivity contribution in [3.63, 3.8) is 0 Å². The van der Waals surface area contributed by atoms with Crippen molar-refractivity contribution in [3.05, 3.63) is 35.4 Å². The van der Waals surface area contributed by atoms with Gasteiger partial charge in [0.1, 0.15) is 0 Å². The molecule has 1 aliphatic rings. The molecule has 0 radical (unpaired) electrons. The third-order valence-corrected chi connectivity index (χ3v) is 4.44. The number of hydrogen-bond acceptors (Lipinski definition) is 2. The van der Waals surface area contributed by atoms with E-state index in [-0.39, 0.29) is 0 Å². The van der Waals surface area contributed by atoms with Crippen LogP contribution in [0.25, 0.3) is 0 Å². The van der Waals surface area contributed by atoms with Crippen LogP contribution in [0, 0.1) is 17.8 Å². The molecule has 1 unspecified atom stereocenters. The minimum absolute atomic E-state index is 0.306. The first kappa shape index (κ1) is 13.5. The summed E-state index contributed by atoms with van der Waals surface area (Å²) in [6, 6.07) is 9.27. The van der Waals surface area contributed by atoms with Gasteiger partial charge in [-0.2, -0.15) is 0 Å². The number of fused-ring (bicyclic) bond motifs is 1. The van der Waals surface area contributed by atoms with Crippen molar-refractivity contribution in [1.29, 1.82) is 0 Å². The van der Waals surface area contributed by atoms with Gasteiger partial charge in [-0.15, -0.1) is 18.2 Å². The summed E-state index contributed by atoms with van der Waals surface area (Å²) in [6.45, 7) is 5.72. The molecule has 18 heavy (non-hydrogen) atoms. The lowest BCUT2D eigenvalue weighted by molar-refractivity contribution is 0.274. The molecule has 0 saturated heterocycles. The van der Waals surface area contributed by atoms with E-state index in [0.717, 1.165) is 18.1 Å². The Morgan fingerprint density at radius 3 is 3.00 bits per heavy atom. The maximum Gasteiger partial charge on any atom is 0.0545 e. The highest BCUT2D eigenvalue weighted by Crippen LogP contribution is 2.44. The molecule has 1 aromatic carbocycles. The first-order valence-corrected chi connectivity index (χ1v) is 7.63. The van der Waals surface area contributed by atoms with Gasteiger partial charge in [0.25, 0.3) is 0 Å². The fraction of sp³-hybridized carbons (Fsp3) is 0.500. The Kier molecular flexibility index (Phi) is 4.37. The predicted octanol–water partition coefficient (Wildman–Crippen LogP) is 3.27. The molecular weight excluding hydrogens is 238 g/mol. The van der Waals surface area contributed by atoms with E-state index in [0.29, 0.717) is 11.5 Å². The SMILES string of the molecule is C#CCSCCNC1c2ccccc2CC1(C)C. The van der Waals surface area contributed by atoms with Crippen LogP contribution < -0.4 is 5.32 Å². The van der Waals surface area contributed by atoms with Gasteiger partial charge in [-0.1, -0.05) is 44.0 Å². The van der Waals surface area contributed by atoms with Crippen LogP contribution in [0.1, 0.15) is 31.0 Å². The molecule has 0 aromatic heterocycles. The summed E-state index contributed by atoms with van der Waals surface area (Å²) in [4.78, 5) is 0. The first-order chi connectivity index (χ1) is 8.65. The molecule has 0 spiro atoms. The molecule has 1 atom stereocenters. The van der Waals surface area contributed by atoms with E-state index >= 15 is 0 Å². The van der Waals surface area contributed by atoms with E-state index in [9.17, 15) is 0 Å². The summed E-state index contributed by atoms with van der Waals surface area (Å²) in [6.07, 6.45) is 6.41. The quantitative estimate of drug-likeness (QED) is 0.643. The van der Waals surface area contributed by atoms with E-state index in [2.05, 4.69) is 49.4 Å². The second-order valence-electron chi connectivity index (χ2n) is 5.51. The number of nitrogens with one attached hydrogen (secondary N) is 1. The van der Waals surface area contributed by atoms with Crippen molar-refractivity contribution in [2.24, 2.45) is 5.41 Å². The average molecular weight is 259 g/mol. The largest absolute Gasteiger partial charge is 0.309 e. The third kappa shape index (κ3) is 2.91. The molecule has 0 bridgehead atoms. The van der Waals surface area contributed by atoms with E-state index in [1.807, 2.05) is 11.8 Å². The predicted molar refractivity (Wildman–Crippen MR) is 80.8 cm³/mol. The van der Waals surface area contributed by atoms with Crippen LogP contribution in [0.5, 0.6) is 0 Å². The van der Waals surface area contributed by atoms with Crippen LogP contribution in [0.3, 0.4) is 0 Å². The van der Waals surface area contributed by atoms with Crippen molar-refractivity contribution in [2.75, 3.05) is 18.1 Å². The van der Waals surface area contributed by atoms with E-state index in [1.165, 1.54) is 17.5 Å². The fourth-order valence-corrected chi connectivity index (χ4v) is 3.31. The lowest BCUT2D eigenvalue weighted by Crippen LogP contribution is -2.32. The van der Waals surface area contributed by atoms with Gasteiger partial charge in [-0.25, -0.2) is 0 Å². The first-order valence-electron chi connectivity index (χ1n) is 6.47. The second kappa shape index (κ2) is 5.82. The molecule has 2 heteroatoms. The summed E-state index contributed by atoms with van der Waals surface area (Å²) in [7, 11) is 0. The summed E-state index contributed by atoms with van der Waals surface area (Å²) >= 11 is 1.82. The minimum atomic E-state index is 0.306. The smallest absolute Gasteiger partial charge is 0.0545 e. The highest BCUT2D eigenvalue weighted by molar-refractivity contribution is 7.99. The van der Waals surface area contributed by atoms with Gasteiger partial charge in [0.15, 0.2) is 0 Å². The zero-order chi connectivity index (χ0) is 13.0. The Labute approximate surface area is 115 Å². The molecule has 1 aromatic rings. The van der Waals surface area contributed by atoms with Crippen LogP contribution in [0.15, 0.2) is 24.3 Å². The molecule has 1 nitrogen and oxygen atoms in total. The van der Waals surface area contributed by atoms with Crippen molar-refractivity contribution in [1.82, 2.24) is 5.32 Å². The Morgan fingerprint density at radius 1 is 1.44 bits per heavy atom. The Balaban J connectivity index is 1.96. The highest BCUT2D eigenvalue weighted by atomic mass is 32.2. The van der Waals surface area contributed by atoms with E-state index in [1.54, 1.807) is 0 Å². The molecule has 0 heterocycles. The highest BCUT2D eigenvalue weighted by Gasteiger charge is 2.37. The molecule has 1 aliphatic carbocycles. The van der Waals surface area contributed by atoms with Crippen LogP contribution in [0.4, 0.5) is 0 Å². The van der Waals surface area contributed by atoms with Gasteiger partial charge in [-0.05, 0) is 23.0 Å². The summed E-state index contributed by atoms with van der Waals surface area (Å²) < 4.78 is 0. The van der Waals surface area contributed by atoms with Crippen LogP contribution in [-0.2, 0) is 6.42 Å². The molecule has 0 aliphatic heterocycles.